The Morgan fingerprint density at radius 3 is 2.87 bits per heavy atom. The number of hydrogen-bond donors (Lipinski definition) is 1. The Morgan fingerprint density at radius 1 is 1.30 bits per heavy atom. The predicted octanol–water partition coefficient (Wildman–Crippen LogP) is 2.57. The average Bonchev–Trinajstić information content (AvgIpc) is 2.57. The number of piperazine rings is 1. The first-order chi connectivity index (χ1) is 10.7. The van der Waals surface area contributed by atoms with Gasteiger partial charge in [0.2, 0.25) is 0 Å². The summed E-state index contributed by atoms with van der Waals surface area (Å²) in [5.74, 6) is -1.85. The van der Waals surface area contributed by atoms with Crippen LogP contribution in [0.5, 0.6) is 0 Å². The van der Waals surface area contributed by atoms with E-state index in [-0.39, 0.29) is 24.0 Å². The van der Waals surface area contributed by atoms with Crippen LogP contribution >= 0.6 is 12.4 Å². The highest BCUT2D eigenvalue weighted by molar-refractivity contribution is 5.95. The maximum Gasteiger partial charge on any atom is 0.257 e. The lowest BCUT2D eigenvalue weighted by molar-refractivity contribution is 0.0628. The van der Waals surface area contributed by atoms with Crippen LogP contribution in [0.4, 0.5) is 8.78 Å². The van der Waals surface area contributed by atoms with Crippen molar-refractivity contribution >= 4 is 18.3 Å². The van der Waals surface area contributed by atoms with E-state index in [9.17, 15) is 13.6 Å². The number of pyridine rings is 1. The van der Waals surface area contributed by atoms with Gasteiger partial charge in [-0.25, -0.2) is 8.78 Å². The largest absolute Gasteiger partial charge is 0.329 e. The van der Waals surface area contributed by atoms with Crippen LogP contribution in [-0.4, -0.2) is 35.4 Å². The molecule has 2 aromatic rings. The van der Waals surface area contributed by atoms with Crippen molar-refractivity contribution in [2.75, 3.05) is 19.6 Å². The Kier molecular flexibility index (Phi) is 5.63. The second-order valence-electron chi connectivity index (χ2n) is 5.13. The van der Waals surface area contributed by atoms with Crippen LogP contribution in [0.3, 0.4) is 0 Å². The van der Waals surface area contributed by atoms with Crippen LogP contribution < -0.4 is 5.32 Å². The van der Waals surface area contributed by atoms with Crippen molar-refractivity contribution < 1.29 is 13.6 Å². The van der Waals surface area contributed by atoms with E-state index in [2.05, 4.69) is 10.3 Å². The summed E-state index contributed by atoms with van der Waals surface area (Å²) >= 11 is 0. The molecular formula is C16H16ClF2N3O. The summed E-state index contributed by atoms with van der Waals surface area (Å²) in [5, 5.41) is 3.21. The molecule has 1 saturated heterocycles. The summed E-state index contributed by atoms with van der Waals surface area (Å²) in [6.45, 7) is 1.59. The number of nitrogens with zero attached hydrogens (tertiary/aromatic N) is 2. The zero-order valence-corrected chi connectivity index (χ0v) is 13.0. The summed E-state index contributed by atoms with van der Waals surface area (Å²) in [7, 11) is 0. The van der Waals surface area contributed by atoms with Gasteiger partial charge in [-0.3, -0.25) is 9.78 Å². The van der Waals surface area contributed by atoms with E-state index in [1.165, 1.54) is 0 Å². The van der Waals surface area contributed by atoms with Gasteiger partial charge in [-0.15, -0.1) is 12.4 Å². The first-order valence-electron chi connectivity index (χ1n) is 7.03. The van der Waals surface area contributed by atoms with Gasteiger partial charge in [0.05, 0.1) is 11.6 Å². The van der Waals surface area contributed by atoms with Gasteiger partial charge in [0.15, 0.2) is 0 Å². The Morgan fingerprint density at radius 2 is 2.13 bits per heavy atom. The second-order valence-corrected chi connectivity index (χ2v) is 5.13. The third-order valence-electron chi connectivity index (χ3n) is 3.73. The standard InChI is InChI=1S/C16H15F2N3O.ClH/c17-12-3-4-14(18)13(8-12)16(22)21-7-6-20-10-15(21)11-2-1-5-19-9-11;/h1-5,8-9,15,20H,6-7,10H2;1H. The Balaban J connectivity index is 0.00000192. The quantitative estimate of drug-likeness (QED) is 0.914. The van der Waals surface area contributed by atoms with Gasteiger partial charge in [-0.2, -0.15) is 0 Å². The number of amides is 1. The molecule has 1 aromatic carbocycles. The fourth-order valence-corrected chi connectivity index (χ4v) is 2.63. The van der Waals surface area contributed by atoms with Crippen molar-refractivity contribution in [3.63, 3.8) is 0 Å². The molecule has 1 amide bonds. The Bertz CT molecular complexity index is 684. The molecule has 1 aromatic heterocycles. The lowest BCUT2D eigenvalue weighted by atomic mass is 10.0. The molecule has 0 radical (unpaired) electrons. The Hall–Kier alpha value is -2.05. The van der Waals surface area contributed by atoms with Crippen LogP contribution in [0.25, 0.3) is 0 Å². The first-order valence-corrected chi connectivity index (χ1v) is 7.03. The number of aromatic nitrogens is 1. The van der Waals surface area contributed by atoms with Gasteiger partial charge in [-0.05, 0) is 29.8 Å². The molecule has 1 atom stereocenters. The Labute approximate surface area is 138 Å². The molecule has 1 aliphatic rings. The maximum absolute atomic E-state index is 13.9. The summed E-state index contributed by atoms with van der Waals surface area (Å²) in [6, 6.07) is 6.33. The molecule has 0 saturated carbocycles. The summed E-state index contributed by atoms with van der Waals surface area (Å²) < 4.78 is 27.2. The van der Waals surface area contributed by atoms with Crippen molar-refractivity contribution in [1.29, 1.82) is 0 Å². The van der Waals surface area contributed by atoms with Gasteiger partial charge in [0, 0.05) is 32.0 Å². The molecule has 3 rings (SSSR count). The normalized spacial score (nSPS) is 17.5. The number of carbonyl (C=O) groups excluding carboxylic acids is 1. The SMILES string of the molecule is Cl.O=C(c1cc(F)ccc1F)N1CCNCC1c1cccnc1. The molecule has 2 heterocycles. The summed E-state index contributed by atoms with van der Waals surface area (Å²) in [6.07, 6.45) is 3.33. The fraction of sp³-hybridized carbons (Fsp3) is 0.250. The number of halogens is 3. The number of carbonyl (C=O) groups is 1. The molecule has 1 unspecified atom stereocenters. The molecule has 0 spiro atoms. The highest BCUT2D eigenvalue weighted by atomic mass is 35.5. The monoisotopic (exact) mass is 339 g/mol. The third kappa shape index (κ3) is 3.65. The van der Waals surface area contributed by atoms with Crippen molar-refractivity contribution in [2.24, 2.45) is 0 Å². The molecule has 23 heavy (non-hydrogen) atoms. The topological polar surface area (TPSA) is 45.2 Å². The molecule has 1 aliphatic heterocycles. The van der Waals surface area contributed by atoms with Crippen LogP contribution in [0.1, 0.15) is 22.0 Å². The fourth-order valence-electron chi connectivity index (χ4n) is 2.63. The summed E-state index contributed by atoms with van der Waals surface area (Å²) in [4.78, 5) is 18.2. The minimum absolute atomic E-state index is 0. The van der Waals surface area contributed by atoms with Crippen molar-refractivity contribution in [2.45, 2.75) is 6.04 Å². The van der Waals surface area contributed by atoms with E-state index >= 15 is 0 Å². The smallest absolute Gasteiger partial charge is 0.257 e. The highest BCUT2D eigenvalue weighted by Crippen LogP contribution is 2.24. The number of benzene rings is 1. The van der Waals surface area contributed by atoms with E-state index in [1.807, 2.05) is 6.07 Å². The molecule has 4 nitrogen and oxygen atoms in total. The van der Waals surface area contributed by atoms with E-state index in [4.69, 9.17) is 0 Å². The molecule has 1 fully saturated rings. The predicted molar refractivity (Wildman–Crippen MR) is 84.5 cm³/mol. The van der Waals surface area contributed by atoms with Crippen molar-refractivity contribution in [3.05, 3.63) is 65.5 Å². The third-order valence-corrected chi connectivity index (χ3v) is 3.73. The van der Waals surface area contributed by atoms with Crippen LogP contribution in [0.2, 0.25) is 0 Å². The number of nitrogens with one attached hydrogen (secondary N) is 1. The van der Waals surface area contributed by atoms with Crippen LogP contribution in [0.15, 0.2) is 42.7 Å². The molecule has 1 N–H and O–H groups in total. The van der Waals surface area contributed by atoms with Gasteiger partial charge in [-0.1, -0.05) is 6.07 Å². The van der Waals surface area contributed by atoms with Crippen LogP contribution in [-0.2, 0) is 0 Å². The van der Waals surface area contributed by atoms with Gasteiger partial charge in [0.25, 0.3) is 5.91 Å². The number of hydrogen-bond acceptors (Lipinski definition) is 3. The highest BCUT2D eigenvalue weighted by Gasteiger charge is 2.30. The molecule has 122 valence electrons. The average molecular weight is 340 g/mol. The maximum atomic E-state index is 13.9. The number of rotatable bonds is 2. The van der Waals surface area contributed by atoms with Gasteiger partial charge in [0.1, 0.15) is 11.6 Å². The van der Waals surface area contributed by atoms with Gasteiger partial charge < -0.3 is 10.2 Å². The molecular weight excluding hydrogens is 324 g/mol. The van der Waals surface area contributed by atoms with Gasteiger partial charge >= 0.3 is 0 Å². The first kappa shape index (κ1) is 17.3. The van der Waals surface area contributed by atoms with E-state index in [1.54, 1.807) is 23.4 Å². The minimum atomic E-state index is -0.713. The van der Waals surface area contributed by atoms with E-state index in [0.717, 1.165) is 23.8 Å². The lowest BCUT2D eigenvalue weighted by Crippen LogP contribution is -2.48. The van der Waals surface area contributed by atoms with E-state index in [0.29, 0.717) is 19.6 Å². The zero-order valence-electron chi connectivity index (χ0n) is 12.2. The minimum Gasteiger partial charge on any atom is -0.329 e. The van der Waals surface area contributed by atoms with E-state index < -0.39 is 17.5 Å². The van der Waals surface area contributed by atoms with Crippen molar-refractivity contribution in [3.8, 4) is 0 Å². The lowest BCUT2D eigenvalue weighted by Gasteiger charge is -2.36. The van der Waals surface area contributed by atoms with Crippen molar-refractivity contribution in [1.82, 2.24) is 15.2 Å². The van der Waals surface area contributed by atoms with Crippen LogP contribution in [0, 0.1) is 11.6 Å². The molecule has 0 aliphatic carbocycles. The molecule has 7 heteroatoms. The molecule has 0 bridgehead atoms. The second kappa shape index (κ2) is 7.48. The zero-order chi connectivity index (χ0) is 15.5. The summed E-state index contributed by atoms with van der Waals surface area (Å²) in [5.41, 5.74) is 0.621.